The van der Waals surface area contributed by atoms with Crippen molar-refractivity contribution in [1.82, 2.24) is 9.78 Å². The van der Waals surface area contributed by atoms with Crippen LogP contribution in [0.25, 0.3) is 0 Å². The summed E-state index contributed by atoms with van der Waals surface area (Å²) in [5, 5.41) is 4.10. The van der Waals surface area contributed by atoms with Gasteiger partial charge in [0.15, 0.2) is 0 Å². The van der Waals surface area contributed by atoms with Gasteiger partial charge in [0.05, 0.1) is 6.20 Å². The molecular weight excluding hydrogens is 144 g/mol. The zero-order valence-corrected chi connectivity index (χ0v) is 7.18. The van der Waals surface area contributed by atoms with Crippen LogP contribution in [0.4, 0.5) is 0 Å². The van der Waals surface area contributed by atoms with E-state index in [4.69, 9.17) is 0 Å². The lowest BCUT2D eigenvalue weighted by Gasteiger charge is -2.02. The Kier molecular flexibility index (Phi) is 2.38. The molecule has 0 aliphatic rings. The smallest absolute Gasteiger partial charge is 0.0623 e. The first-order valence-electron chi connectivity index (χ1n) is 3.40. The molecule has 1 rings (SSSR count). The second-order valence-electron chi connectivity index (χ2n) is 2.81. The summed E-state index contributed by atoms with van der Waals surface area (Å²) in [5.41, 5.74) is 0. The molecule has 0 radical (unpaired) electrons. The van der Waals surface area contributed by atoms with Gasteiger partial charge >= 0.3 is 0 Å². The van der Waals surface area contributed by atoms with Crippen LogP contribution in [0.3, 0.4) is 0 Å². The van der Waals surface area contributed by atoms with Gasteiger partial charge < -0.3 is 0 Å². The van der Waals surface area contributed by atoms with Crippen molar-refractivity contribution in [3.63, 3.8) is 0 Å². The lowest BCUT2D eigenvalue weighted by molar-refractivity contribution is 0.482. The molecule has 0 bridgehead atoms. The van der Waals surface area contributed by atoms with E-state index in [-0.39, 0.29) is 0 Å². The summed E-state index contributed by atoms with van der Waals surface area (Å²) in [7, 11) is 0. The molecule has 3 heteroatoms. The van der Waals surface area contributed by atoms with Crippen LogP contribution in [0.2, 0.25) is 0 Å². The van der Waals surface area contributed by atoms with E-state index in [1.807, 2.05) is 10.9 Å². The molecule has 0 spiro atoms. The number of rotatable bonds is 2. The van der Waals surface area contributed by atoms with Gasteiger partial charge in [0.1, 0.15) is 0 Å². The Morgan fingerprint density at radius 2 is 2.40 bits per heavy atom. The minimum atomic E-state index is 0.646. The van der Waals surface area contributed by atoms with E-state index in [2.05, 4.69) is 31.6 Å². The zero-order valence-electron chi connectivity index (χ0n) is 6.28. The van der Waals surface area contributed by atoms with Crippen LogP contribution < -0.4 is 0 Å². The summed E-state index contributed by atoms with van der Waals surface area (Å²) in [6, 6.07) is 0. The molecule has 0 unspecified atom stereocenters. The van der Waals surface area contributed by atoms with Gasteiger partial charge in [-0.3, -0.25) is 4.68 Å². The Hall–Kier alpha value is -0.440. The molecule has 0 aromatic carbocycles. The molecular formula is C7H12N2S. The number of hydrogen-bond acceptors (Lipinski definition) is 2. The fourth-order valence-electron chi connectivity index (χ4n) is 0.827. The molecule has 1 aromatic rings. The van der Waals surface area contributed by atoms with E-state index in [9.17, 15) is 0 Å². The predicted octanol–water partition coefficient (Wildman–Crippen LogP) is 1.83. The second kappa shape index (κ2) is 3.10. The number of aromatic nitrogens is 2. The normalized spacial score (nSPS) is 10.8. The third kappa shape index (κ3) is 2.06. The van der Waals surface area contributed by atoms with E-state index >= 15 is 0 Å². The van der Waals surface area contributed by atoms with Gasteiger partial charge in [-0.25, -0.2) is 0 Å². The van der Waals surface area contributed by atoms with Crippen LogP contribution in [0, 0.1) is 5.92 Å². The highest BCUT2D eigenvalue weighted by molar-refractivity contribution is 7.80. The highest BCUT2D eigenvalue weighted by atomic mass is 32.1. The van der Waals surface area contributed by atoms with Crippen molar-refractivity contribution in [1.29, 1.82) is 0 Å². The average molecular weight is 156 g/mol. The molecule has 2 nitrogen and oxygen atoms in total. The van der Waals surface area contributed by atoms with Crippen LogP contribution in [0.15, 0.2) is 17.3 Å². The van der Waals surface area contributed by atoms with E-state index in [1.54, 1.807) is 6.20 Å². The summed E-state index contributed by atoms with van der Waals surface area (Å²) in [5.74, 6) is 0.646. The Bertz CT molecular complexity index is 205. The third-order valence-corrected chi connectivity index (χ3v) is 1.40. The van der Waals surface area contributed by atoms with Gasteiger partial charge in [0.2, 0.25) is 0 Å². The monoisotopic (exact) mass is 156 g/mol. The molecule has 0 fully saturated rings. The highest BCUT2D eigenvalue weighted by Crippen LogP contribution is 2.04. The highest BCUT2D eigenvalue weighted by Gasteiger charge is 1.96. The summed E-state index contributed by atoms with van der Waals surface area (Å²) < 4.78 is 1.91. The van der Waals surface area contributed by atoms with Gasteiger partial charge in [-0.2, -0.15) is 5.10 Å². The van der Waals surface area contributed by atoms with Crippen molar-refractivity contribution >= 4 is 12.6 Å². The molecule has 0 aliphatic heterocycles. The van der Waals surface area contributed by atoms with Crippen molar-refractivity contribution in [3.8, 4) is 0 Å². The van der Waals surface area contributed by atoms with Crippen molar-refractivity contribution in [2.75, 3.05) is 0 Å². The Morgan fingerprint density at radius 1 is 1.70 bits per heavy atom. The van der Waals surface area contributed by atoms with Crippen LogP contribution in [0.1, 0.15) is 13.8 Å². The third-order valence-electron chi connectivity index (χ3n) is 1.17. The van der Waals surface area contributed by atoms with Crippen molar-refractivity contribution in [3.05, 3.63) is 12.4 Å². The Labute approximate surface area is 66.7 Å². The van der Waals surface area contributed by atoms with Crippen molar-refractivity contribution < 1.29 is 0 Å². The topological polar surface area (TPSA) is 17.8 Å². The molecule has 56 valence electrons. The molecule has 0 N–H and O–H groups in total. The number of nitrogens with zero attached hydrogens (tertiary/aromatic N) is 2. The lowest BCUT2D eigenvalue weighted by Crippen LogP contribution is -2.03. The molecule has 0 amide bonds. The van der Waals surface area contributed by atoms with Gasteiger partial charge in [-0.1, -0.05) is 13.8 Å². The first-order chi connectivity index (χ1) is 4.68. The van der Waals surface area contributed by atoms with Gasteiger partial charge in [0.25, 0.3) is 0 Å². The summed E-state index contributed by atoms with van der Waals surface area (Å²) >= 11 is 4.14. The SMILES string of the molecule is CC(C)Cn1cc(S)cn1. The first-order valence-corrected chi connectivity index (χ1v) is 3.84. The van der Waals surface area contributed by atoms with E-state index < -0.39 is 0 Å². The van der Waals surface area contributed by atoms with Crippen LogP contribution >= 0.6 is 12.6 Å². The predicted molar refractivity (Wildman–Crippen MR) is 44.3 cm³/mol. The molecule has 0 atom stereocenters. The molecule has 1 aromatic heterocycles. The van der Waals surface area contributed by atoms with Gasteiger partial charge in [-0.15, -0.1) is 12.6 Å². The minimum absolute atomic E-state index is 0.646. The van der Waals surface area contributed by atoms with Crippen molar-refractivity contribution in [2.45, 2.75) is 25.3 Å². The largest absolute Gasteiger partial charge is 0.271 e. The maximum absolute atomic E-state index is 4.14. The molecule has 10 heavy (non-hydrogen) atoms. The van der Waals surface area contributed by atoms with Crippen LogP contribution in [-0.4, -0.2) is 9.78 Å². The van der Waals surface area contributed by atoms with E-state index in [0.717, 1.165) is 11.4 Å². The summed E-state index contributed by atoms with van der Waals surface area (Å²) in [6.45, 7) is 5.31. The second-order valence-corrected chi connectivity index (χ2v) is 3.33. The van der Waals surface area contributed by atoms with Gasteiger partial charge in [0, 0.05) is 17.6 Å². The summed E-state index contributed by atoms with van der Waals surface area (Å²) in [6.07, 6.45) is 3.69. The molecule has 0 saturated heterocycles. The fraction of sp³-hybridized carbons (Fsp3) is 0.571. The van der Waals surface area contributed by atoms with Crippen LogP contribution in [-0.2, 0) is 6.54 Å². The average Bonchev–Trinajstić information content (AvgIpc) is 2.13. The quantitative estimate of drug-likeness (QED) is 0.647. The van der Waals surface area contributed by atoms with Crippen LogP contribution in [0.5, 0.6) is 0 Å². The van der Waals surface area contributed by atoms with Crippen molar-refractivity contribution in [2.24, 2.45) is 5.92 Å². The Balaban J connectivity index is 2.58. The standard InChI is InChI=1S/C7H12N2S/c1-6(2)4-9-5-7(10)3-8-9/h3,5-6,10H,4H2,1-2H3. The first kappa shape index (κ1) is 7.66. The van der Waals surface area contributed by atoms with E-state index in [0.29, 0.717) is 5.92 Å². The zero-order chi connectivity index (χ0) is 7.56. The molecule has 1 heterocycles. The number of hydrogen-bond donors (Lipinski definition) is 1. The Morgan fingerprint density at radius 3 is 2.80 bits per heavy atom. The lowest BCUT2D eigenvalue weighted by atomic mass is 10.2. The maximum atomic E-state index is 4.14. The maximum Gasteiger partial charge on any atom is 0.0623 e. The minimum Gasteiger partial charge on any atom is -0.271 e. The summed E-state index contributed by atoms with van der Waals surface area (Å²) in [4.78, 5) is 0.931. The van der Waals surface area contributed by atoms with Gasteiger partial charge in [-0.05, 0) is 5.92 Å². The molecule has 0 saturated carbocycles. The number of thiol groups is 1. The van der Waals surface area contributed by atoms with E-state index in [1.165, 1.54) is 0 Å². The fourth-order valence-corrected chi connectivity index (χ4v) is 1.01. The molecule has 0 aliphatic carbocycles.